The van der Waals surface area contributed by atoms with Crippen molar-refractivity contribution in [2.75, 3.05) is 0 Å². The summed E-state index contributed by atoms with van der Waals surface area (Å²) in [5, 5.41) is 9.98. The summed E-state index contributed by atoms with van der Waals surface area (Å²) in [5.74, 6) is 1.17. The van der Waals surface area contributed by atoms with Crippen molar-refractivity contribution in [3.8, 4) is 0 Å². The standard InChI is InChI=1S/C10H17AsO2/c11-6-10(5-9(12)13)3-7-1-2-8(7)4-10/h7-8H,1-6,11H2,(H,12,13)/t7-,8+,10+. The molecule has 2 aliphatic carbocycles. The summed E-state index contributed by atoms with van der Waals surface area (Å²) in [4.78, 5) is 10.8. The van der Waals surface area contributed by atoms with E-state index in [1.54, 1.807) is 16.9 Å². The van der Waals surface area contributed by atoms with Crippen molar-refractivity contribution < 1.29 is 9.90 Å². The van der Waals surface area contributed by atoms with Crippen LogP contribution in [0.3, 0.4) is 0 Å². The molecule has 0 aromatic carbocycles. The van der Waals surface area contributed by atoms with E-state index in [0.717, 1.165) is 17.0 Å². The third-order valence-electron chi connectivity index (χ3n) is 3.92. The number of carbonyl (C=O) groups is 1. The molecular weight excluding hydrogens is 227 g/mol. The first kappa shape index (κ1) is 9.58. The number of carboxylic acids is 1. The molecule has 3 heteroatoms. The maximum atomic E-state index is 10.8. The van der Waals surface area contributed by atoms with Gasteiger partial charge in [0, 0.05) is 0 Å². The topological polar surface area (TPSA) is 37.3 Å². The quantitative estimate of drug-likeness (QED) is 0.760. The van der Waals surface area contributed by atoms with E-state index in [1.807, 2.05) is 0 Å². The number of carboxylic acid groups (broad SMARTS) is 1. The third kappa shape index (κ3) is 1.66. The van der Waals surface area contributed by atoms with Gasteiger partial charge in [-0.25, -0.2) is 0 Å². The Labute approximate surface area is 87.6 Å². The zero-order chi connectivity index (χ0) is 9.47. The van der Waals surface area contributed by atoms with Gasteiger partial charge in [0.05, 0.1) is 0 Å². The van der Waals surface area contributed by atoms with Gasteiger partial charge in [0.1, 0.15) is 0 Å². The molecular formula is C10H17AsO2. The predicted molar refractivity (Wildman–Crippen MR) is 53.5 cm³/mol. The number of hydrogen-bond donors (Lipinski definition) is 1. The Balaban J connectivity index is 2.03. The second-order valence-corrected chi connectivity index (χ2v) is 5.64. The molecule has 0 bridgehead atoms. The van der Waals surface area contributed by atoms with E-state index in [-0.39, 0.29) is 5.41 Å². The van der Waals surface area contributed by atoms with Gasteiger partial charge in [-0.1, -0.05) is 0 Å². The fraction of sp³-hybridized carbons (Fsp3) is 0.900. The maximum absolute atomic E-state index is 10.8. The molecule has 0 aromatic heterocycles. The van der Waals surface area contributed by atoms with Gasteiger partial charge < -0.3 is 0 Å². The number of hydrogen-bond acceptors (Lipinski definition) is 1. The van der Waals surface area contributed by atoms with Crippen LogP contribution >= 0.6 is 0 Å². The minimum atomic E-state index is -0.598. The minimum absolute atomic E-state index is 0.192. The second-order valence-electron chi connectivity index (χ2n) is 4.78. The molecule has 74 valence electrons. The zero-order valence-corrected chi connectivity index (χ0v) is 10.3. The number of fused-ring (bicyclic) bond motifs is 1. The second kappa shape index (κ2) is 3.31. The monoisotopic (exact) mass is 244 g/mol. The number of aliphatic carboxylic acids is 1. The average molecular weight is 244 g/mol. The van der Waals surface area contributed by atoms with Crippen LogP contribution in [0.1, 0.15) is 32.1 Å². The summed E-state index contributed by atoms with van der Waals surface area (Å²) in [6.07, 6.45) is 5.53. The van der Waals surface area contributed by atoms with E-state index < -0.39 is 5.97 Å². The van der Waals surface area contributed by atoms with Gasteiger partial charge >= 0.3 is 87.3 Å². The van der Waals surface area contributed by atoms with Crippen LogP contribution in [0.15, 0.2) is 0 Å². The Hall–Kier alpha value is 0.0284. The van der Waals surface area contributed by atoms with Gasteiger partial charge in [0.15, 0.2) is 0 Å². The van der Waals surface area contributed by atoms with Crippen LogP contribution in [0.2, 0.25) is 5.21 Å². The molecule has 2 rings (SSSR count). The number of rotatable bonds is 3. The Morgan fingerprint density at radius 2 is 1.92 bits per heavy atom. The molecule has 0 aliphatic heterocycles. The molecule has 4 atom stereocenters. The molecule has 2 aliphatic rings. The van der Waals surface area contributed by atoms with Crippen LogP contribution < -0.4 is 0 Å². The summed E-state index contributed by atoms with van der Waals surface area (Å²) < 4.78 is 0. The van der Waals surface area contributed by atoms with Crippen molar-refractivity contribution >= 4 is 22.8 Å². The van der Waals surface area contributed by atoms with Crippen LogP contribution in [0.5, 0.6) is 0 Å². The molecule has 0 amide bonds. The third-order valence-corrected chi connectivity index (χ3v) is 5.74. The molecule has 2 fully saturated rings. The van der Waals surface area contributed by atoms with Gasteiger partial charge in [0.2, 0.25) is 0 Å². The van der Waals surface area contributed by atoms with E-state index in [2.05, 4.69) is 0 Å². The van der Waals surface area contributed by atoms with Crippen molar-refractivity contribution in [3.05, 3.63) is 0 Å². The SMILES string of the molecule is O=C(O)C[C@]1(C[AsH2])C[C@H]2CC[C@H]2C1. The van der Waals surface area contributed by atoms with Crippen LogP contribution in [-0.2, 0) is 4.79 Å². The molecule has 1 unspecified atom stereocenters. The van der Waals surface area contributed by atoms with E-state index in [0.29, 0.717) is 6.42 Å². The fourth-order valence-corrected chi connectivity index (χ4v) is 4.08. The Kier molecular flexibility index (Phi) is 2.44. The van der Waals surface area contributed by atoms with Crippen molar-refractivity contribution in [3.63, 3.8) is 0 Å². The fourth-order valence-electron chi connectivity index (χ4n) is 3.08. The van der Waals surface area contributed by atoms with E-state index in [9.17, 15) is 4.79 Å². The van der Waals surface area contributed by atoms with Crippen molar-refractivity contribution in [1.29, 1.82) is 0 Å². The predicted octanol–water partition coefficient (Wildman–Crippen LogP) is 1.32. The summed E-state index contributed by atoms with van der Waals surface area (Å²) in [7, 11) is 0. The first-order chi connectivity index (χ1) is 6.15. The van der Waals surface area contributed by atoms with Crippen LogP contribution in [0.4, 0.5) is 0 Å². The van der Waals surface area contributed by atoms with Crippen molar-refractivity contribution in [2.24, 2.45) is 17.3 Å². The van der Waals surface area contributed by atoms with Gasteiger partial charge in [-0.3, -0.25) is 0 Å². The summed E-state index contributed by atoms with van der Waals surface area (Å²) in [6.45, 7) is 0. The van der Waals surface area contributed by atoms with Crippen LogP contribution in [0.25, 0.3) is 0 Å². The Bertz CT molecular complexity index is 215. The van der Waals surface area contributed by atoms with Gasteiger partial charge in [-0.15, -0.1) is 0 Å². The van der Waals surface area contributed by atoms with Gasteiger partial charge in [-0.05, 0) is 0 Å². The molecule has 0 heterocycles. The molecule has 0 saturated heterocycles. The zero-order valence-electron chi connectivity index (χ0n) is 7.83. The van der Waals surface area contributed by atoms with E-state index >= 15 is 0 Å². The van der Waals surface area contributed by atoms with Crippen LogP contribution in [0, 0.1) is 17.3 Å². The van der Waals surface area contributed by atoms with Gasteiger partial charge in [-0.2, -0.15) is 0 Å². The van der Waals surface area contributed by atoms with Crippen molar-refractivity contribution in [2.45, 2.75) is 37.3 Å². The average Bonchev–Trinajstić information content (AvgIpc) is 2.28. The van der Waals surface area contributed by atoms with Gasteiger partial charge in [0.25, 0.3) is 0 Å². The summed E-state index contributed by atoms with van der Waals surface area (Å²) >= 11 is 1.70. The molecule has 13 heavy (non-hydrogen) atoms. The normalized spacial score (nSPS) is 42.5. The van der Waals surface area contributed by atoms with E-state index in [1.165, 1.54) is 25.7 Å². The molecule has 0 aromatic rings. The molecule has 1 N–H and O–H groups in total. The first-order valence-corrected chi connectivity index (χ1v) is 6.78. The van der Waals surface area contributed by atoms with Crippen molar-refractivity contribution in [1.82, 2.24) is 0 Å². The summed E-state index contributed by atoms with van der Waals surface area (Å²) in [5.41, 5.74) is 0.192. The first-order valence-electron chi connectivity index (χ1n) is 5.07. The Morgan fingerprint density at radius 1 is 1.38 bits per heavy atom. The summed E-state index contributed by atoms with van der Waals surface area (Å²) in [6, 6.07) is 0. The molecule has 0 spiro atoms. The molecule has 2 nitrogen and oxygen atoms in total. The molecule has 0 radical (unpaired) electrons. The van der Waals surface area contributed by atoms with E-state index in [4.69, 9.17) is 5.11 Å². The molecule has 2 saturated carbocycles. The van der Waals surface area contributed by atoms with Crippen LogP contribution in [-0.4, -0.2) is 27.9 Å². The Morgan fingerprint density at radius 3 is 2.23 bits per heavy atom.